The van der Waals surface area contributed by atoms with E-state index in [4.69, 9.17) is 5.73 Å². The number of hydrogen-bond acceptors (Lipinski definition) is 5. The highest BCUT2D eigenvalue weighted by atomic mass is 32.2. The molecule has 0 aromatic carbocycles. The van der Waals surface area contributed by atoms with Crippen LogP contribution in [-0.2, 0) is 4.79 Å². The summed E-state index contributed by atoms with van der Waals surface area (Å²) in [4.78, 5) is 10.2. The summed E-state index contributed by atoms with van der Waals surface area (Å²) in [6.45, 7) is 0. The summed E-state index contributed by atoms with van der Waals surface area (Å²) in [5.41, 5.74) is 4.87. The van der Waals surface area contributed by atoms with Crippen LogP contribution in [0.4, 0.5) is 0 Å². The van der Waals surface area contributed by atoms with Gasteiger partial charge >= 0.3 is 0 Å². The van der Waals surface area contributed by atoms with Crippen molar-refractivity contribution in [2.75, 3.05) is 5.75 Å². The predicted molar refractivity (Wildman–Crippen MR) is 34.1 cm³/mol. The molecule has 1 aromatic heterocycles. The molecule has 54 valence electrons. The first-order valence-corrected chi connectivity index (χ1v) is 3.42. The fourth-order valence-corrected chi connectivity index (χ4v) is 0.830. The number of nitrogens with zero attached hydrogens (tertiary/aromatic N) is 3. The molecule has 10 heavy (non-hydrogen) atoms. The normalized spacial score (nSPS) is 9.60. The van der Waals surface area contributed by atoms with Crippen LogP contribution in [0, 0.1) is 0 Å². The van der Waals surface area contributed by atoms with Crippen molar-refractivity contribution < 1.29 is 4.79 Å². The first-order chi connectivity index (χ1) is 4.79. The predicted octanol–water partition coefficient (Wildman–Crippen LogP) is -1.22. The molecule has 0 aliphatic rings. The zero-order chi connectivity index (χ0) is 7.40. The van der Waals surface area contributed by atoms with Crippen LogP contribution in [0.2, 0.25) is 0 Å². The third-order valence-electron chi connectivity index (χ3n) is 0.677. The van der Waals surface area contributed by atoms with Crippen LogP contribution in [0.5, 0.6) is 0 Å². The molecular weight excluding hydrogens is 154 g/mol. The van der Waals surface area contributed by atoms with E-state index in [0.717, 1.165) is 0 Å². The maximum atomic E-state index is 10.2. The largest absolute Gasteiger partial charge is 0.369 e. The first kappa shape index (κ1) is 7.00. The first-order valence-electron chi connectivity index (χ1n) is 2.44. The average molecular weight is 159 g/mol. The van der Waals surface area contributed by atoms with Crippen molar-refractivity contribution in [1.82, 2.24) is 20.6 Å². The number of aromatic amines is 1. The van der Waals surface area contributed by atoms with Gasteiger partial charge in [0, 0.05) is 0 Å². The topological polar surface area (TPSA) is 97.6 Å². The maximum Gasteiger partial charge on any atom is 0.227 e. The molecule has 0 bridgehead atoms. The fourth-order valence-electron chi connectivity index (χ4n) is 0.351. The van der Waals surface area contributed by atoms with Crippen molar-refractivity contribution in [3.63, 3.8) is 0 Å². The molecule has 1 aromatic rings. The third-order valence-corrected chi connectivity index (χ3v) is 1.55. The number of hydrogen-bond donors (Lipinski definition) is 2. The Bertz CT molecular complexity index is 209. The van der Waals surface area contributed by atoms with E-state index in [9.17, 15) is 4.79 Å². The zero-order valence-corrected chi connectivity index (χ0v) is 5.76. The van der Waals surface area contributed by atoms with E-state index < -0.39 is 0 Å². The lowest BCUT2D eigenvalue weighted by Gasteiger charge is -1.87. The number of thioether (sulfide) groups is 1. The van der Waals surface area contributed by atoms with Crippen molar-refractivity contribution in [1.29, 1.82) is 0 Å². The molecule has 0 fully saturated rings. The molecule has 0 aliphatic carbocycles. The minimum absolute atomic E-state index is 0.191. The number of aromatic nitrogens is 4. The molecule has 3 N–H and O–H groups in total. The number of rotatable bonds is 3. The van der Waals surface area contributed by atoms with Gasteiger partial charge in [-0.3, -0.25) is 4.79 Å². The van der Waals surface area contributed by atoms with Crippen LogP contribution in [0.3, 0.4) is 0 Å². The Morgan fingerprint density at radius 1 is 1.80 bits per heavy atom. The summed E-state index contributed by atoms with van der Waals surface area (Å²) in [6.07, 6.45) is 0. The maximum absolute atomic E-state index is 10.2. The Morgan fingerprint density at radius 2 is 2.60 bits per heavy atom. The molecule has 1 heterocycles. The zero-order valence-electron chi connectivity index (χ0n) is 4.94. The van der Waals surface area contributed by atoms with Gasteiger partial charge in [-0.1, -0.05) is 11.8 Å². The van der Waals surface area contributed by atoms with Gasteiger partial charge in [0.05, 0.1) is 5.75 Å². The summed E-state index contributed by atoms with van der Waals surface area (Å²) < 4.78 is 0. The molecule has 6 nitrogen and oxygen atoms in total. The monoisotopic (exact) mass is 159 g/mol. The Kier molecular flexibility index (Phi) is 2.21. The summed E-state index contributed by atoms with van der Waals surface area (Å²) in [7, 11) is 0. The van der Waals surface area contributed by atoms with Crippen molar-refractivity contribution in [3.8, 4) is 0 Å². The van der Waals surface area contributed by atoms with Crippen molar-refractivity contribution >= 4 is 17.7 Å². The van der Waals surface area contributed by atoms with E-state index in [2.05, 4.69) is 20.6 Å². The second kappa shape index (κ2) is 3.16. The Balaban J connectivity index is 2.35. The summed E-state index contributed by atoms with van der Waals surface area (Å²) in [5, 5.41) is 13.1. The van der Waals surface area contributed by atoms with Crippen LogP contribution in [0.25, 0.3) is 0 Å². The molecule has 1 rings (SSSR count). The third kappa shape index (κ3) is 2.02. The van der Waals surface area contributed by atoms with E-state index >= 15 is 0 Å². The van der Waals surface area contributed by atoms with E-state index in [-0.39, 0.29) is 11.7 Å². The van der Waals surface area contributed by atoms with E-state index in [1.54, 1.807) is 0 Å². The highest BCUT2D eigenvalue weighted by Crippen LogP contribution is 2.07. The van der Waals surface area contributed by atoms with Crippen LogP contribution >= 0.6 is 11.8 Å². The lowest BCUT2D eigenvalue weighted by molar-refractivity contribution is -0.115. The second-order valence-corrected chi connectivity index (χ2v) is 2.43. The van der Waals surface area contributed by atoms with Gasteiger partial charge in [0.15, 0.2) is 0 Å². The van der Waals surface area contributed by atoms with Crippen LogP contribution < -0.4 is 5.73 Å². The standard InChI is InChI=1S/C3H5N5OS/c4-2(9)1-10-3-5-7-8-6-3/h1H2,(H2,4,9)(H,5,6,7,8). The number of primary amides is 1. The van der Waals surface area contributed by atoms with Gasteiger partial charge in [0.1, 0.15) is 0 Å². The molecular formula is C3H5N5OS. The van der Waals surface area contributed by atoms with Gasteiger partial charge in [-0.05, 0) is 10.4 Å². The molecule has 0 unspecified atom stereocenters. The molecule has 1 amide bonds. The quantitative estimate of drug-likeness (QED) is 0.538. The second-order valence-electron chi connectivity index (χ2n) is 1.46. The van der Waals surface area contributed by atoms with Crippen molar-refractivity contribution in [2.24, 2.45) is 5.73 Å². The van der Waals surface area contributed by atoms with Gasteiger partial charge in [0.2, 0.25) is 11.1 Å². The minimum Gasteiger partial charge on any atom is -0.369 e. The Hall–Kier alpha value is -1.11. The number of carbonyl (C=O) groups excluding carboxylic acids is 1. The average Bonchev–Trinajstić information content (AvgIpc) is 2.34. The molecule has 0 radical (unpaired) electrons. The summed E-state index contributed by atoms with van der Waals surface area (Å²) in [5.74, 6) is -0.196. The molecule has 7 heteroatoms. The fraction of sp³-hybridized carbons (Fsp3) is 0.333. The highest BCUT2D eigenvalue weighted by Gasteiger charge is 1.99. The number of tetrazole rings is 1. The minimum atomic E-state index is -0.388. The number of carbonyl (C=O) groups is 1. The van der Waals surface area contributed by atoms with Gasteiger partial charge in [-0.2, -0.15) is 0 Å². The van der Waals surface area contributed by atoms with E-state index in [0.29, 0.717) is 5.16 Å². The molecule has 0 saturated heterocycles. The lowest BCUT2D eigenvalue weighted by atomic mass is 10.8. The van der Waals surface area contributed by atoms with Gasteiger partial charge in [-0.15, -0.1) is 5.10 Å². The SMILES string of the molecule is NC(=O)CSc1nnn[nH]1. The van der Waals surface area contributed by atoms with Crippen molar-refractivity contribution in [3.05, 3.63) is 0 Å². The smallest absolute Gasteiger partial charge is 0.227 e. The molecule has 0 saturated carbocycles. The van der Waals surface area contributed by atoms with E-state index in [1.807, 2.05) is 0 Å². The summed E-state index contributed by atoms with van der Waals surface area (Å²) >= 11 is 1.17. The molecule has 0 atom stereocenters. The lowest BCUT2D eigenvalue weighted by Crippen LogP contribution is -2.13. The number of nitrogens with one attached hydrogen (secondary N) is 1. The Morgan fingerprint density at radius 3 is 3.10 bits per heavy atom. The highest BCUT2D eigenvalue weighted by molar-refractivity contribution is 7.99. The van der Waals surface area contributed by atoms with Crippen LogP contribution in [-0.4, -0.2) is 32.3 Å². The van der Waals surface area contributed by atoms with Crippen LogP contribution in [0.1, 0.15) is 0 Å². The van der Waals surface area contributed by atoms with E-state index in [1.165, 1.54) is 11.8 Å². The summed E-state index contributed by atoms with van der Waals surface area (Å²) in [6, 6.07) is 0. The van der Waals surface area contributed by atoms with Crippen molar-refractivity contribution in [2.45, 2.75) is 5.16 Å². The number of nitrogens with two attached hydrogens (primary N) is 1. The van der Waals surface area contributed by atoms with Gasteiger partial charge < -0.3 is 5.73 Å². The molecule has 0 aliphatic heterocycles. The number of amides is 1. The van der Waals surface area contributed by atoms with Gasteiger partial charge in [-0.25, -0.2) is 5.10 Å². The van der Waals surface area contributed by atoms with Gasteiger partial charge in [0.25, 0.3) is 0 Å². The van der Waals surface area contributed by atoms with Crippen LogP contribution in [0.15, 0.2) is 5.16 Å². The Labute approximate surface area is 60.6 Å². The number of H-pyrrole nitrogens is 1. The molecule has 0 spiro atoms.